The number of amides is 1. The topological polar surface area (TPSA) is 41.1 Å². The molecular weight excluding hydrogens is 260 g/mol. The van der Waals surface area contributed by atoms with E-state index in [2.05, 4.69) is 16.7 Å². The Kier molecular flexibility index (Phi) is 3.50. The normalized spacial score (nSPS) is 22.9. The minimum atomic E-state index is -0.129. The van der Waals surface area contributed by atoms with Gasteiger partial charge in [-0.25, -0.2) is 0 Å². The highest BCUT2D eigenvalue weighted by molar-refractivity contribution is 6.30. The third-order valence-corrected chi connectivity index (χ3v) is 4.14. The van der Waals surface area contributed by atoms with E-state index in [1.807, 2.05) is 19.1 Å². The van der Waals surface area contributed by atoms with Crippen LogP contribution in [0.4, 0.5) is 0 Å². The lowest BCUT2D eigenvalue weighted by atomic mass is 10.1. The Labute approximate surface area is 118 Å². The van der Waals surface area contributed by atoms with Gasteiger partial charge in [-0.1, -0.05) is 17.7 Å². The molecule has 0 spiro atoms. The first-order valence-electron chi connectivity index (χ1n) is 6.95. The van der Waals surface area contributed by atoms with Gasteiger partial charge in [-0.05, 0) is 55.9 Å². The maximum atomic E-state index is 11.9. The molecule has 1 saturated carbocycles. The van der Waals surface area contributed by atoms with E-state index in [1.165, 1.54) is 11.1 Å². The fourth-order valence-corrected chi connectivity index (χ4v) is 2.88. The molecule has 1 aromatic carbocycles. The van der Waals surface area contributed by atoms with Crippen molar-refractivity contribution in [2.75, 3.05) is 0 Å². The van der Waals surface area contributed by atoms with Crippen molar-refractivity contribution in [2.45, 2.75) is 50.7 Å². The molecule has 19 heavy (non-hydrogen) atoms. The molecule has 0 aromatic heterocycles. The molecule has 4 heteroatoms. The van der Waals surface area contributed by atoms with Crippen molar-refractivity contribution in [2.24, 2.45) is 0 Å². The average Bonchev–Trinajstić information content (AvgIpc) is 3.08. The first-order valence-corrected chi connectivity index (χ1v) is 7.33. The number of nitrogens with one attached hydrogen (secondary N) is 2. The van der Waals surface area contributed by atoms with Gasteiger partial charge >= 0.3 is 0 Å². The van der Waals surface area contributed by atoms with Crippen molar-refractivity contribution < 1.29 is 4.79 Å². The summed E-state index contributed by atoms with van der Waals surface area (Å²) in [4.78, 5) is 11.9. The Hall–Kier alpha value is -1.06. The maximum Gasteiger partial charge on any atom is 0.237 e. The highest BCUT2D eigenvalue weighted by Gasteiger charge is 2.28. The van der Waals surface area contributed by atoms with Crippen LogP contribution in [0, 0.1) is 0 Å². The molecule has 1 amide bonds. The molecule has 0 saturated heterocycles. The zero-order valence-electron chi connectivity index (χ0n) is 11.1. The lowest BCUT2D eigenvalue weighted by molar-refractivity contribution is -0.123. The lowest BCUT2D eigenvalue weighted by Crippen LogP contribution is -2.47. The Morgan fingerprint density at radius 1 is 1.26 bits per heavy atom. The van der Waals surface area contributed by atoms with Gasteiger partial charge in [0.05, 0.1) is 6.04 Å². The van der Waals surface area contributed by atoms with Crippen LogP contribution < -0.4 is 10.6 Å². The first kappa shape index (κ1) is 12.9. The van der Waals surface area contributed by atoms with Gasteiger partial charge in [0.1, 0.15) is 0 Å². The van der Waals surface area contributed by atoms with Gasteiger partial charge in [-0.15, -0.1) is 0 Å². The molecule has 2 unspecified atom stereocenters. The fraction of sp³-hybridized carbons (Fsp3) is 0.533. The lowest BCUT2D eigenvalue weighted by Gasteiger charge is -2.18. The van der Waals surface area contributed by atoms with E-state index in [-0.39, 0.29) is 11.9 Å². The highest BCUT2D eigenvalue weighted by atomic mass is 35.5. The fourth-order valence-electron chi connectivity index (χ4n) is 2.69. The summed E-state index contributed by atoms with van der Waals surface area (Å²) in [6.07, 6.45) is 4.20. The van der Waals surface area contributed by atoms with Crippen molar-refractivity contribution in [3.8, 4) is 0 Å². The van der Waals surface area contributed by atoms with Gasteiger partial charge in [0.15, 0.2) is 0 Å². The second kappa shape index (κ2) is 5.14. The Bertz CT molecular complexity index is 499. The van der Waals surface area contributed by atoms with Crippen molar-refractivity contribution in [1.82, 2.24) is 10.6 Å². The van der Waals surface area contributed by atoms with E-state index in [1.54, 1.807) is 0 Å². The van der Waals surface area contributed by atoms with Crippen LogP contribution in [-0.4, -0.2) is 24.0 Å². The predicted octanol–water partition coefficient (Wildman–Crippen LogP) is 2.06. The Morgan fingerprint density at radius 2 is 2.00 bits per heavy atom. The van der Waals surface area contributed by atoms with Crippen molar-refractivity contribution >= 4 is 17.5 Å². The summed E-state index contributed by atoms with van der Waals surface area (Å²) in [5.74, 6) is 0.122. The number of halogens is 1. The number of benzene rings is 1. The first-order chi connectivity index (χ1) is 9.11. The minimum absolute atomic E-state index is 0.122. The van der Waals surface area contributed by atoms with Gasteiger partial charge in [0.2, 0.25) is 5.91 Å². The molecule has 2 N–H and O–H groups in total. The molecule has 2 aliphatic rings. The molecule has 102 valence electrons. The molecule has 0 radical (unpaired) electrons. The molecule has 2 aliphatic carbocycles. The van der Waals surface area contributed by atoms with E-state index in [9.17, 15) is 4.79 Å². The molecular formula is C15H19ClN2O. The van der Waals surface area contributed by atoms with Gasteiger partial charge in [-0.3, -0.25) is 4.79 Å². The predicted molar refractivity (Wildman–Crippen MR) is 76.4 cm³/mol. The molecule has 1 fully saturated rings. The summed E-state index contributed by atoms with van der Waals surface area (Å²) in [6.45, 7) is 1.94. The second-order valence-corrected chi connectivity index (χ2v) is 6.13. The van der Waals surface area contributed by atoms with E-state index < -0.39 is 0 Å². The molecule has 1 aromatic rings. The minimum Gasteiger partial charge on any atom is -0.352 e. The molecule has 0 heterocycles. The van der Waals surface area contributed by atoms with Crippen LogP contribution in [0.15, 0.2) is 18.2 Å². The standard InChI is InChI=1S/C15H19ClN2O/c1-9(15(19)18-13-4-5-13)17-14-7-10-2-3-12(16)6-11(10)8-14/h2-3,6,9,13-14,17H,4-5,7-8H2,1H3,(H,18,19). The Balaban J connectivity index is 1.55. The largest absolute Gasteiger partial charge is 0.352 e. The summed E-state index contributed by atoms with van der Waals surface area (Å²) in [6, 6.07) is 6.70. The zero-order valence-corrected chi connectivity index (χ0v) is 11.8. The molecule has 3 nitrogen and oxygen atoms in total. The van der Waals surface area contributed by atoms with E-state index in [0.29, 0.717) is 12.1 Å². The van der Waals surface area contributed by atoms with Gasteiger partial charge in [0.25, 0.3) is 0 Å². The SMILES string of the molecule is CC(NC1Cc2ccc(Cl)cc2C1)C(=O)NC1CC1. The molecule has 3 rings (SSSR count). The monoisotopic (exact) mass is 278 g/mol. The molecule has 0 bridgehead atoms. The summed E-state index contributed by atoms with van der Waals surface area (Å²) >= 11 is 6.01. The molecule has 0 aliphatic heterocycles. The van der Waals surface area contributed by atoms with Gasteiger partial charge in [0, 0.05) is 17.1 Å². The van der Waals surface area contributed by atoms with Crippen LogP contribution in [0.5, 0.6) is 0 Å². The molecule has 2 atom stereocenters. The van der Waals surface area contributed by atoms with E-state index >= 15 is 0 Å². The second-order valence-electron chi connectivity index (χ2n) is 5.69. The van der Waals surface area contributed by atoms with Crippen LogP contribution >= 0.6 is 11.6 Å². The van der Waals surface area contributed by atoms with Crippen LogP contribution in [0.2, 0.25) is 5.02 Å². The number of hydrogen-bond acceptors (Lipinski definition) is 2. The van der Waals surface area contributed by atoms with E-state index in [4.69, 9.17) is 11.6 Å². The summed E-state index contributed by atoms with van der Waals surface area (Å²) in [7, 11) is 0. The number of hydrogen-bond donors (Lipinski definition) is 2. The van der Waals surface area contributed by atoms with Crippen molar-refractivity contribution in [3.63, 3.8) is 0 Å². The zero-order chi connectivity index (χ0) is 13.4. The van der Waals surface area contributed by atoms with Crippen molar-refractivity contribution in [1.29, 1.82) is 0 Å². The van der Waals surface area contributed by atoms with Crippen LogP contribution in [0.25, 0.3) is 0 Å². The van der Waals surface area contributed by atoms with Crippen LogP contribution in [-0.2, 0) is 17.6 Å². The number of fused-ring (bicyclic) bond motifs is 1. The Morgan fingerprint density at radius 3 is 2.74 bits per heavy atom. The summed E-state index contributed by atoms with van der Waals surface area (Å²) in [5, 5.41) is 7.25. The van der Waals surface area contributed by atoms with E-state index in [0.717, 1.165) is 30.7 Å². The third-order valence-electron chi connectivity index (χ3n) is 3.90. The highest BCUT2D eigenvalue weighted by Crippen LogP contribution is 2.25. The average molecular weight is 279 g/mol. The number of carbonyl (C=O) groups excluding carboxylic acids is 1. The van der Waals surface area contributed by atoms with Crippen molar-refractivity contribution in [3.05, 3.63) is 34.3 Å². The third kappa shape index (κ3) is 3.10. The van der Waals surface area contributed by atoms with Crippen LogP contribution in [0.3, 0.4) is 0 Å². The smallest absolute Gasteiger partial charge is 0.237 e. The number of rotatable bonds is 4. The van der Waals surface area contributed by atoms with Crippen LogP contribution in [0.1, 0.15) is 30.9 Å². The quantitative estimate of drug-likeness (QED) is 0.885. The van der Waals surface area contributed by atoms with Gasteiger partial charge in [-0.2, -0.15) is 0 Å². The summed E-state index contributed by atoms with van der Waals surface area (Å²) in [5.41, 5.74) is 2.65. The van der Waals surface area contributed by atoms with Gasteiger partial charge < -0.3 is 10.6 Å². The summed E-state index contributed by atoms with van der Waals surface area (Å²) < 4.78 is 0. The maximum absolute atomic E-state index is 11.9. The number of carbonyl (C=O) groups is 1.